The van der Waals surface area contributed by atoms with Crippen LogP contribution < -0.4 is 16.0 Å². The number of thiophene rings is 2. The molecule has 14 aromatic carbocycles. The fourth-order valence-corrected chi connectivity index (χ4v) is 15.1. The first-order valence-corrected chi connectivity index (χ1v) is 32.2. The van der Waals surface area contributed by atoms with Gasteiger partial charge in [0.2, 0.25) is 0 Å². The molecule has 432 valence electrons. The first-order chi connectivity index (χ1) is 45.1. The number of hydrogen-bond acceptors (Lipinski definition) is 7. The van der Waals surface area contributed by atoms with Gasteiger partial charge in [-0.3, -0.25) is 0 Å². The number of rotatable bonds is 10. The van der Waals surface area contributed by atoms with Gasteiger partial charge in [-0.15, -0.1) is 22.7 Å². The summed E-state index contributed by atoms with van der Waals surface area (Å²) in [5.41, 5.74) is 19.6. The SMILES string of the molecule is c1ccc(-c2cc(Nc3cccc(-c4cccc5c4oc4ccccc45)c3)cc3c2oc2ccccc23)cc1.c1ccc(Nc2ccc(-c3ccccc3)c3sc4ccccc4c23)cc1.c1ccc(Nc2ccc3c(sc4ccccc43)c2-c2ccccc2)cc1. The van der Waals surface area contributed by atoms with E-state index in [1.54, 1.807) is 0 Å². The quantitative estimate of drug-likeness (QED) is 0.127. The lowest BCUT2D eigenvalue weighted by molar-refractivity contribution is 0.669. The zero-order valence-electron chi connectivity index (χ0n) is 49.3. The average molecular weight is 1200 g/mol. The van der Waals surface area contributed by atoms with Gasteiger partial charge in [-0.1, -0.05) is 243 Å². The van der Waals surface area contributed by atoms with Crippen molar-refractivity contribution in [1.82, 2.24) is 0 Å². The van der Waals surface area contributed by atoms with Crippen LogP contribution in [0.4, 0.5) is 34.1 Å². The minimum Gasteiger partial charge on any atom is -0.455 e. The van der Waals surface area contributed by atoms with Crippen LogP contribution in [0.15, 0.2) is 336 Å². The van der Waals surface area contributed by atoms with Gasteiger partial charge in [-0.25, -0.2) is 0 Å². The molecule has 18 rings (SSSR count). The van der Waals surface area contributed by atoms with Crippen LogP contribution in [0.2, 0.25) is 0 Å². The van der Waals surface area contributed by atoms with Crippen molar-refractivity contribution in [3.8, 4) is 44.5 Å². The van der Waals surface area contributed by atoms with E-state index in [4.69, 9.17) is 8.83 Å². The summed E-state index contributed by atoms with van der Waals surface area (Å²) in [6.07, 6.45) is 0. The third-order valence-electron chi connectivity index (χ3n) is 16.8. The van der Waals surface area contributed by atoms with Gasteiger partial charge in [-0.2, -0.15) is 0 Å². The Bertz CT molecular complexity index is 5620. The van der Waals surface area contributed by atoms with E-state index in [1.165, 1.54) is 62.6 Å². The molecule has 5 nitrogen and oxygen atoms in total. The molecule has 0 saturated carbocycles. The zero-order valence-corrected chi connectivity index (χ0v) is 50.9. The van der Waals surface area contributed by atoms with Gasteiger partial charge in [0, 0.05) is 113 Å². The third-order valence-corrected chi connectivity index (χ3v) is 19.2. The van der Waals surface area contributed by atoms with Crippen LogP contribution in [-0.4, -0.2) is 0 Å². The van der Waals surface area contributed by atoms with Crippen molar-refractivity contribution in [2.45, 2.75) is 0 Å². The molecular formula is C84H57N3O2S2. The normalized spacial score (nSPS) is 11.3. The third kappa shape index (κ3) is 10.8. The summed E-state index contributed by atoms with van der Waals surface area (Å²) in [6, 6.07) is 114. The summed E-state index contributed by atoms with van der Waals surface area (Å²) < 4.78 is 18.0. The number of benzene rings is 14. The van der Waals surface area contributed by atoms with Crippen molar-refractivity contribution >= 4 is 141 Å². The predicted octanol–water partition coefficient (Wildman–Crippen LogP) is 25.5. The summed E-state index contributed by atoms with van der Waals surface area (Å²) in [6.45, 7) is 0. The molecule has 0 aliphatic carbocycles. The summed E-state index contributed by atoms with van der Waals surface area (Å²) >= 11 is 3.74. The summed E-state index contributed by atoms with van der Waals surface area (Å²) in [5, 5.41) is 20.6. The molecule has 7 heteroatoms. The molecule has 0 radical (unpaired) electrons. The topological polar surface area (TPSA) is 62.4 Å². The maximum Gasteiger partial charge on any atom is 0.143 e. The summed E-state index contributed by atoms with van der Waals surface area (Å²) in [4.78, 5) is 0. The Balaban J connectivity index is 0.000000113. The van der Waals surface area contributed by atoms with E-state index in [0.29, 0.717) is 0 Å². The molecule has 18 aromatic rings. The fourth-order valence-electron chi connectivity index (χ4n) is 12.6. The Morgan fingerprint density at radius 2 is 0.714 bits per heavy atom. The van der Waals surface area contributed by atoms with Crippen LogP contribution in [0.1, 0.15) is 0 Å². The van der Waals surface area contributed by atoms with Crippen molar-refractivity contribution in [1.29, 1.82) is 0 Å². The highest BCUT2D eigenvalue weighted by molar-refractivity contribution is 7.26. The van der Waals surface area contributed by atoms with Crippen molar-refractivity contribution in [2.24, 2.45) is 0 Å². The molecule has 4 heterocycles. The number of hydrogen-bond donors (Lipinski definition) is 3. The van der Waals surface area contributed by atoms with Crippen LogP contribution in [0.25, 0.3) is 129 Å². The first kappa shape index (κ1) is 54.9. The van der Waals surface area contributed by atoms with Gasteiger partial charge >= 0.3 is 0 Å². The number of furan rings is 2. The second kappa shape index (κ2) is 24.2. The lowest BCUT2D eigenvalue weighted by Gasteiger charge is -2.14. The first-order valence-electron chi connectivity index (χ1n) is 30.5. The van der Waals surface area contributed by atoms with Crippen LogP contribution in [0.5, 0.6) is 0 Å². The fraction of sp³-hybridized carbons (Fsp3) is 0. The molecule has 3 N–H and O–H groups in total. The van der Waals surface area contributed by atoms with E-state index in [9.17, 15) is 0 Å². The van der Waals surface area contributed by atoms with Gasteiger partial charge < -0.3 is 24.8 Å². The molecule has 0 amide bonds. The smallest absolute Gasteiger partial charge is 0.143 e. The van der Waals surface area contributed by atoms with Crippen molar-refractivity contribution in [2.75, 3.05) is 16.0 Å². The highest BCUT2D eigenvalue weighted by Crippen LogP contribution is 2.47. The van der Waals surface area contributed by atoms with E-state index in [-0.39, 0.29) is 0 Å². The number of para-hydroxylation sites is 5. The van der Waals surface area contributed by atoms with Gasteiger partial charge in [0.05, 0.1) is 0 Å². The molecule has 91 heavy (non-hydrogen) atoms. The van der Waals surface area contributed by atoms with E-state index in [0.717, 1.165) is 100 Å². The minimum atomic E-state index is 0.891. The maximum absolute atomic E-state index is 6.35. The van der Waals surface area contributed by atoms with Crippen LogP contribution >= 0.6 is 22.7 Å². The Labute approximate surface area is 534 Å². The molecule has 4 aromatic heterocycles. The van der Waals surface area contributed by atoms with Crippen LogP contribution in [-0.2, 0) is 0 Å². The highest BCUT2D eigenvalue weighted by Gasteiger charge is 2.19. The number of nitrogens with one attached hydrogen (secondary N) is 3. The molecule has 0 fully saturated rings. The summed E-state index contributed by atoms with van der Waals surface area (Å²) in [5.74, 6) is 0. The summed E-state index contributed by atoms with van der Waals surface area (Å²) in [7, 11) is 0. The lowest BCUT2D eigenvalue weighted by Crippen LogP contribution is -1.93. The predicted molar refractivity (Wildman–Crippen MR) is 391 cm³/mol. The van der Waals surface area contributed by atoms with E-state index in [1.807, 2.05) is 65.1 Å². The molecule has 0 bridgehead atoms. The molecule has 0 atom stereocenters. The van der Waals surface area contributed by atoms with E-state index in [2.05, 4.69) is 301 Å². The minimum absolute atomic E-state index is 0.891. The Morgan fingerprint density at radius 1 is 0.242 bits per heavy atom. The highest BCUT2D eigenvalue weighted by atomic mass is 32.1. The second-order valence-electron chi connectivity index (χ2n) is 22.5. The molecule has 0 unspecified atom stereocenters. The molecule has 0 aliphatic heterocycles. The number of fused-ring (bicyclic) bond motifs is 12. The van der Waals surface area contributed by atoms with Gasteiger partial charge in [0.25, 0.3) is 0 Å². The Morgan fingerprint density at radius 3 is 1.38 bits per heavy atom. The molecule has 0 saturated heterocycles. The van der Waals surface area contributed by atoms with E-state index >= 15 is 0 Å². The van der Waals surface area contributed by atoms with Crippen molar-refractivity contribution in [3.63, 3.8) is 0 Å². The van der Waals surface area contributed by atoms with Crippen molar-refractivity contribution < 1.29 is 8.83 Å². The maximum atomic E-state index is 6.35. The zero-order chi connectivity index (χ0) is 60.5. The second-order valence-corrected chi connectivity index (χ2v) is 24.6. The number of anilines is 6. The Kier molecular flexibility index (Phi) is 14.6. The van der Waals surface area contributed by atoms with Gasteiger partial charge in [-0.05, 0) is 113 Å². The van der Waals surface area contributed by atoms with Crippen LogP contribution in [0.3, 0.4) is 0 Å². The Hall–Kier alpha value is -11.5. The molecular weight excluding hydrogens is 1150 g/mol. The van der Waals surface area contributed by atoms with Gasteiger partial charge in [0.15, 0.2) is 0 Å². The standard InChI is InChI=1S/C36H23NO2.2C24H17NS/c1-2-10-23(11-3-1)31-21-26(22-32-29-15-5-7-19-34(29)39-36(31)32)37-25-13-8-12-24(20-25)27-16-9-17-30-28-14-4-6-18-33(28)38-35(27)30;1-3-9-17(10-4-1)19-15-16-21(25-18-11-5-2-6-12-18)23-20-13-7-8-14-22(20)26-24(19)23;1-3-9-17(10-4-1)23-21(25-18-11-5-2-6-12-18)16-15-20-19-13-7-8-14-22(19)26-24(20)23/h1-22,37H;2*1-16,25H. The molecule has 0 aliphatic rings. The monoisotopic (exact) mass is 1200 g/mol. The average Bonchev–Trinajstić information content (AvgIpc) is 1.95. The van der Waals surface area contributed by atoms with E-state index < -0.39 is 0 Å². The van der Waals surface area contributed by atoms with Crippen LogP contribution in [0, 0.1) is 0 Å². The van der Waals surface area contributed by atoms with Gasteiger partial charge in [0.1, 0.15) is 22.3 Å². The lowest BCUT2D eigenvalue weighted by atomic mass is 10.0. The molecule has 0 spiro atoms. The largest absolute Gasteiger partial charge is 0.455 e. The van der Waals surface area contributed by atoms with Crippen molar-refractivity contribution in [3.05, 3.63) is 328 Å².